The highest BCUT2D eigenvalue weighted by Gasteiger charge is 2.29. The Labute approximate surface area is 199 Å². The van der Waals surface area contributed by atoms with Gasteiger partial charge in [0.2, 0.25) is 5.52 Å². The lowest BCUT2D eigenvalue weighted by molar-refractivity contribution is -0.665. The second-order valence-electron chi connectivity index (χ2n) is 7.98. The van der Waals surface area contributed by atoms with Crippen LogP contribution in [0.5, 0.6) is 0 Å². The van der Waals surface area contributed by atoms with E-state index in [9.17, 15) is 0 Å². The number of allylic oxidation sites excluding steroid dienone is 2. The van der Waals surface area contributed by atoms with Gasteiger partial charge in [-0.15, -0.1) is 22.7 Å². The molecule has 0 saturated heterocycles. The number of thiophene rings is 2. The van der Waals surface area contributed by atoms with Gasteiger partial charge in [0.05, 0.1) is 14.9 Å². The number of nitrogens with zero attached hydrogens (tertiary/aromatic N) is 2. The number of thiazole rings is 1. The zero-order chi connectivity index (χ0) is 20.9. The SMILES string of the molecule is CCN1/C(=C/C=C/c2sc3sc4c(c3[n+]2CC)CCCC4)Sc2sc3ccccc3c21. The smallest absolute Gasteiger partial charge is 0.263 e. The molecule has 0 saturated carbocycles. The number of fused-ring (bicyclic) bond motifs is 6. The molecule has 1 aromatic carbocycles. The van der Waals surface area contributed by atoms with E-state index in [1.54, 1.807) is 10.4 Å². The van der Waals surface area contributed by atoms with Gasteiger partial charge < -0.3 is 4.90 Å². The van der Waals surface area contributed by atoms with Gasteiger partial charge >= 0.3 is 0 Å². The van der Waals surface area contributed by atoms with Crippen LogP contribution in [0, 0.1) is 0 Å². The van der Waals surface area contributed by atoms with E-state index >= 15 is 0 Å². The fourth-order valence-corrected chi connectivity index (χ4v) is 10.3. The van der Waals surface area contributed by atoms with Crippen LogP contribution in [-0.4, -0.2) is 6.54 Å². The Morgan fingerprint density at radius 1 is 1.06 bits per heavy atom. The first-order chi connectivity index (χ1) is 15.3. The third-order valence-corrected chi connectivity index (χ3v) is 11.1. The zero-order valence-corrected chi connectivity index (χ0v) is 21.1. The van der Waals surface area contributed by atoms with E-state index in [0.29, 0.717) is 0 Å². The summed E-state index contributed by atoms with van der Waals surface area (Å²) in [6.45, 7) is 6.57. The monoisotopic (exact) mass is 481 g/mol. The van der Waals surface area contributed by atoms with Crippen molar-refractivity contribution in [2.45, 2.75) is 50.3 Å². The number of benzene rings is 1. The first kappa shape index (κ1) is 20.0. The number of hydrogen-bond acceptors (Lipinski definition) is 5. The number of aryl methyl sites for hydroxylation is 3. The Morgan fingerprint density at radius 2 is 1.94 bits per heavy atom. The molecular weight excluding hydrogens is 457 g/mol. The maximum atomic E-state index is 2.54. The van der Waals surface area contributed by atoms with Crippen LogP contribution in [0.3, 0.4) is 0 Å². The molecule has 0 spiro atoms. The Hall–Kier alpha value is -1.60. The van der Waals surface area contributed by atoms with Crippen molar-refractivity contribution < 1.29 is 4.57 Å². The number of rotatable bonds is 4. The molecule has 31 heavy (non-hydrogen) atoms. The molecule has 3 aromatic heterocycles. The summed E-state index contributed by atoms with van der Waals surface area (Å²) in [4.78, 5) is 4.12. The van der Waals surface area contributed by atoms with Crippen molar-refractivity contribution in [2.75, 3.05) is 11.4 Å². The van der Waals surface area contributed by atoms with E-state index in [-0.39, 0.29) is 0 Å². The van der Waals surface area contributed by atoms with Crippen LogP contribution in [0.1, 0.15) is 42.1 Å². The topological polar surface area (TPSA) is 7.12 Å². The first-order valence-corrected chi connectivity index (χ1v) is 14.4. The van der Waals surface area contributed by atoms with E-state index in [1.165, 1.54) is 65.2 Å². The van der Waals surface area contributed by atoms with Gasteiger partial charge in [0.1, 0.15) is 6.54 Å². The molecular formula is C25H25N2S4+. The molecule has 4 aromatic rings. The summed E-state index contributed by atoms with van der Waals surface area (Å²) in [7, 11) is 0. The molecule has 0 amide bonds. The van der Waals surface area contributed by atoms with E-state index in [4.69, 9.17) is 0 Å². The average molecular weight is 482 g/mol. The third-order valence-electron chi connectivity index (χ3n) is 6.23. The summed E-state index contributed by atoms with van der Waals surface area (Å²) in [5, 5.41) is 4.10. The molecule has 0 N–H and O–H groups in total. The van der Waals surface area contributed by atoms with Crippen molar-refractivity contribution in [2.24, 2.45) is 0 Å². The van der Waals surface area contributed by atoms with Crippen LogP contribution < -0.4 is 9.47 Å². The summed E-state index contributed by atoms with van der Waals surface area (Å²) in [6.07, 6.45) is 12.1. The minimum atomic E-state index is 0.996. The molecule has 0 radical (unpaired) electrons. The lowest BCUT2D eigenvalue weighted by Crippen LogP contribution is -2.34. The summed E-state index contributed by atoms with van der Waals surface area (Å²) < 4.78 is 6.87. The number of thioether (sulfide) groups is 1. The number of aromatic nitrogens is 1. The maximum Gasteiger partial charge on any atom is 0.263 e. The Balaban J connectivity index is 1.33. The van der Waals surface area contributed by atoms with Crippen LogP contribution in [0.15, 0.2) is 45.7 Å². The van der Waals surface area contributed by atoms with Gasteiger partial charge in [-0.25, -0.2) is 0 Å². The van der Waals surface area contributed by atoms with Crippen LogP contribution in [0.4, 0.5) is 5.69 Å². The molecule has 1 aliphatic heterocycles. The fourth-order valence-electron chi connectivity index (χ4n) is 4.81. The largest absolute Gasteiger partial charge is 0.334 e. The minimum Gasteiger partial charge on any atom is -0.334 e. The highest BCUT2D eigenvalue weighted by atomic mass is 32.2. The normalized spacial score (nSPS) is 17.5. The van der Waals surface area contributed by atoms with E-state index < -0.39 is 0 Å². The molecule has 0 fully saturated rings. The van der Waals surface area contributed by atoms with Crippen molar-refractivity contribution >= 4 is 77.2 Å². The molecule has 2 nitrogen and oxygen atoms in total. The summed E-state index contributed by atoms with van der Waals surface area (Å²) in [5.74, 6) is 0. The van der Waals surface area contributed by atoms with Crippen molar-refractivity contribution in [3.63, 3.8) is 0 Å². The molecule has 6 rings (SSSR count). The Bertz CT molecular complexity index is 1350. The predicted molar refractivity (Wildman–Crippen MR) is 140 cm³/mol. The van der Waals surface area contributed by atoms with Crippen LogP contribution in [0.25, 0.3) is 25.7 Å². The van der Waals surface area contributed by atoms with E-state index in [0.717, 1.165) is 13.1 Å². The highest BCUT2D eigenvalue weighted by molar-refractivity contribution is 8.05. The Morgan fingerprint density at radius 3 is 2.81 bits per heavy atom. The summed E-state index contributed by atoms with van der Waals surface area (Å²) in [5.41, 5.74) is 4.57. The molecule has 0 atom stereocenters. The molecule has 2 aliphatic rings. The first-order valence-electron chi connectivity index (χ1n) is 11.1. The van der Waals surface area contributed by atoms with E-state index in [2.05, 4.69) is 65.8 Å². The lowest BCUT2D eigenvalue weighted by atomic mass is 9.99. The van der Waals surface area contributed by atoms with Gasteiger partial charge in [0.15, 0.2) is 4.01 Å². The quantitative estimate of drug-likeness (QED) is 0.274. The standard InChI is InChI=1S/C25H25N2S4/c1-3-26-20(30-24-22(26)16-10-5-7-12-18(16)28-24)14-9-15-21-27(4-2)23-17-11-6-8-13-19(17)29-25(23)31-21/h5,7,9-10,12,14-15H,3-4,6,8,11,13H2,1-2H3/q+1. The summed E-state index contributed by atoms with van der Waals surface area (Å²) >= 11 is 7.85. The molecule has 158 valence electrons. The second kappa shape index (κ2) is 8.07. The van der Waals surface area contributed by atoms with Crippen LogP contribution in [-0.2, 0) is 19.4 Å². The van der Waals surface area contributed by atoms with Crippen molar-refractivity contribution in [1.29, 1.82) is 0 Å². The molecule has 4 heterocycles. The van der Waals surface area contributed by atoms with Crippen molar-refractivity contribution in [3.05, 3.63) is 56.9 Å². The van der Waals surface area contributed by atoms with E-state index in [1.807, 2.05) is 45.8 Å². The van der Waals surface area contributed by atoms with Crippen LogP contribution >= 0.6 is 45.8 Å². The molecule has 1 aliphatic carbocycles. The van der Waals surface area contributed by atoms with Gasteiger partial charge in [0.25, 0.3) is 5.01 Å². The lowest BCUT2D eigenvalue weighted by Gasteiger charge is -2.17. The molecule has 0 unspecified atom stereocenters. The van der Waals surface area contributed by atoms with Crippen LogP contribution in [0.2, 0.25) is 0 Å². The van der Waals surface area contributed by atoms with Crippen molar-refractivity contribution in [3.8, 4) is 0 Å². The third kappa shape index (κ3) is 3.22. The number of anilines is 1. The Kier molecular flexibility index (Phi) is 5.22. The summed E-state index contributed by atoms with van der Waals surface area (Å²) in [6, 6.07) is 8.79. The van der Waals surface area contributed by atoms with Gasteiger partial charge in [-0.1, -0.05) is 47.4 Å². The number of hydrogen-bond donors (Lipinski definition) is 0. The molecule has 6 heteroatoms. The van der Waals surface area contributed by atoms with Crippen molar-refractivity contribution in [1.82, 2.24) is 0 Å². The minimum absolute atomic E-state index is 0.996. The second-order valence-corrected chi connectivity index (χ2v) is 12.7. The fraction of sp³-hybridized carbons (Fsp3) is 0.320. The van der Waals surface area contributed by atoms with Gasteiger partial charge in [0, 0.05) is 33.1 Å². The predicted octanol–water partition coefficient (Wildman–Crippen LogP) is 7.85. The maximum absolute atomic E-state index is 2.54. The van der Waals surface area contributed by atoms with Gasteiger partial charge in [-0.2, -0.15) is 4.57 Å². The molecule has 0 bridgehead atoms. The van der Waals surface area contributed by atoms with Gasteiger partial charge in [-0.05, 0) is 51.7 Å². The average Bonchev–Trinajstić information content (AvgIpc) is 3.50. The zero-order valence-electron chi connectivity index (χ0n) is 17.8. The highest BCUT2D eigenvalue weighted by Crippen LogP contribution is 2.54. The van der Waals surface area contributed by atoms with Gasteiger partial charge in [-0.3, -0.25) is 0 Å².